The fraction of sp³-hybridized carbons (Fsp3) is 0.526. The molecule has 1 heterocycles. The third-order valence-corrected chi connectivity index (χ3v) is 4.75. The number of hydrogen-bond acceptors (Lipinski definition) is 4. The number of benzene rings is 1. The van der Waals surface area contributed by atoms with Crippen molar-refractivity contribution in [2.75, 3.05) is 20.3 Å². The quantitative estimate of drug-likeness (QED) is 0.705. The number of rotatable bonds is 8. The molecule has 6 nitrogen and oxygen atoms in total. The topological polar surface area (TPSA) is 64.4 Å². The van der Waals surface area contributed by atoms with Crippen LogP contribution in [0.3, 0.4) is 0 Å². The van der Waals surface area contributed by atoms with Crippen LogP contribution in [0.2, 0.25) is 5.02 Å². The number of carbonyl (C=O) groups is 1. The molecule has 1 unspecified atom stereocenters. The highest BCUT2D eigenvalue weighted by Crippen LogP contribution is 2.22. The van der Waals surface area contributed by atoms with Crippen molar-refractivity contribution < 1.29 is 9.53 Å². The molecule has 0 saturated carbocycles. The Hall–Kier alpha value is -1.92. The smallest absolute Gasteiger partial charge is 0.261 e. The Morgan fingerprint density at radius 2 is 2.15 bits per heavy atom. The SMILES string of the molecule is CCCCC(=O)N(CCOC)C(C)c1nc2ccc(Cl)cc2c(=O)n1C. The van der Waals surface area contributed by atoms with Gasteiger partial charge in [-0.25, -0.2) is 4.98 Å². The molecule has 1 aromatic heterocycles. The van der Waals surface area contributed by atoms with Crippen LogP contribution in [0.1, 0.15) is 45.0 Å². The average Bonchev–Trinajstić information content (AvgIpc) is 2.63. The van der Waals surface area contributed by atoms with Crippen molar-refractivity contribution in [1.29, 1.82) is 0 Å². The molecule has 2 rings (SSSR count). The first kappa shape index (κ1) is 20.4. The van der Waals surface area contributed by atoms with Crippen LogP contribution in [-0.4, -0.2) is 40.6 Å². The first-order valence-corrected chi connectivity index (χ1v) is 9.23. The van der Waals surface area contributed by atoms with Crippen LogP contribution in [0.4, 0.5) is 0 Å². The molecule has 0 spiro atoms. The predicted molar refractivity (Wildman–Crippen MR) is 104 cm³/mol. The van der Waals surface area contributed by atoms with E-state index >= 15 is 0 Å². The number of amides is 1. The number of fused-ring (bicyclic) bond motifs is 1. The van der Waals surface area contributed by atoms with Gasteiger partial charge >= 0.3 is 0 Å². The van der Waals surface area contributed by atoms with E-state index in [1.165, 1.54) is 4.57 Å². The fourth-order valence-electron chi connectivity index (χ4n) is 2.97. The van der Waals surface area contributed by atoms with Crippen LogP contribution in [0.15, 0.2) is 23.0 Å². The Morgan fingerprint density at radius 3 is 2.81 bits per heavy atom. The first-order chi connectivity index (χ1) is 12.4. The molecule has 26 heavy (non-hydrogen) atoms. The van der Waals surface area contributed by atoms with Gasteiger partial charge in [-0.15, -0.1) is 0 Å². The third kappa shape index (κ3) is 4.43. The maximum absolute atomic E-state index is 12.7. The highest BCUT2D eigenvalue weighted by molar-refractivity contribution is 6.31. The van der Waals surface area contributed by atoms with Crippen LogP contribution in [0.25, 0.3) is 10.9 Å². The molecular formula is C19H26ClN3O3. The number of aromatic nitrogens is 2. The molecule has 7 heteroatoms. The number of nitrogens with zero attached hydrogens (tertiary/aromatic N) is 3. The molecule has 0 saturated heterocycles. The Balaban J connectivity index is 2.45. The molecule has 1 amide bonds. The number of unbranched alkanes of at least 4 members (excludes halogenated alkanes) is 1. The van der Waals surface area contributed by atoms with E-state index in [1.807, 2.05) is 6.92 Å². The minimum absolute atomic E-state index is 0.0434. The van der Waals surface area contributed by atoms with E-state index in [0.717, 1.165) is 12.8 Å². The summed E-state index contributed by atoms with van der Waals surface area (Å²) in [5.74, 6) is 0.590. The van der Waals surface area contributed by atoms with Crippen LogP contribution in [-0.2, 0) is 16.6 Å². The monoisotopic (exact) mass is 379 g/mol. The largest absolute Gasteiger partial charge is 0.383 e. The van der Waals surface area contributed by atoms with Gasteiger partial charge in [-0.05, 0) is 31.5 Å². The number of methoxy groups -OCH3 is 1. The van der Waals surface area contributed by atoms with Crippen molar-refractivity contribution in [2.24, 2.45) is 7.05 Å². The molecule has 0 aliphatic carbocycles. The summed E-state index contributed by atoms with van der Waals surface area (Å²) < 4.78 is 6.65. The first-order valence-electron chi connectivity index (χ1n) is 8.85. The summed E-state index contributed by atoms with van der Waals surface area (Å²) in [6.07, 6.45) is 2.25. The van der Waals surface area contributed by atoms with Gasteiger partial charge in [-0.3, -0.25) is 14.2 Å². The Kier molecular flexibility index (Phi) is 7.17. The molecule has 0 N–H and O–H groups in total. The number of carbonyl (C=O) groups excluding carboxylic acids is 1. The molecule has 142 valence electrons. The maximum atomic E-state index is 12.7. The second-order valence-corrected chi connectivity index (χ2v) is 6.79. The second kappa shape index (κ2) is 9.14. The lowest BCUT2D eigenvalue weighted by molar-refractivity contribution is -0.134. The van der Waals surface area contributed by atoms with Gasteiger partial charge in [0, 0.05) is 32.1 Å². The average molecular weight is 380 g/mol. The van der Waals surface area contributed by atoms with E-state index in [0.29, 0.717) is 41.3 Å². The molecule has 0 fully saturated rings. The van der Waals surface area contributed by atoms with Gasteiger partial charge in [0.2, 0.25) is 5.91 Å². The number of hydrogen-bond donors (Lipinski definition) is 0. The lowest BCUT2D eigenvalue weighted by atomic mass is 10.1. The van der Waals surface area contributed by atoms with E-state index in [2.05, 4.69) is 11.9 Å². The summed E-state index contributed by atoms with van der Waals surface area (Å²) in [6.45, 7) is 4.83. The molecule has 2 aromatic rings. The highest BCUT2D eigenvalue weighted by Gasteiger charge is 2.24. The summed E-state index contributed by atoms with van der Waals surface area (Å²) >= 11 is 6.00. The summed E-state index contributed by atoms with van der Waals surface area (Å²) in [7, 11) is 3.28. The van der Waals surface area contributed by atoms with Crippen LogP contribution in [0.5, 0.6) is 0 Å². The number of ether oxygens (including phenoxy) is 1. The van der Waals surface area contributed by atoms with E-state index in [1.54, 1.807) is 37.3 Å². The highest BCUT2D eigenvalue weighted by atomic mass is 35.5. The molecule has 0 bridgehead atoms. The van der Waals surface area contributed by atoms with Gasteiger partial charge in [0.15, 0.2) is 0 Å². The van der Waals surface area contributed by atoms with Gasteiger partial charge in [0.05, 0.1) is 23.6 Å². The standard InChI is InChI=1S/C19H26ClN3O3/c1-5-6-7-17(24)23(10-11-26-4)13(2)18-21-16-9-8-14(20)12-15(16)19(25)22(18)3/h8-9,12-13H,5-7,10-11H2,1-4H3. The van der Waals surface area contributed by atoms with Gasteiger partial charge in [-0.1, -0.05) is 24.9 Å². The van der Waals surface area contributed by atoms with Crippen molar-refractivity contribution in [3.05, 3.63) is 39.4 Å². The van der Waals surface area contributed by atoms with Crippen molar-refractivity contribution >= 4 is 28.4 Å². The normalized spacial score (nSPS) is 12.3. The van der Waals surface area contributed by atoms with Crippen molar-refractivity contribution in [1.82, 2.24) is 14.5 Å². The second-order valence-electron chi connectivity index (χ2n) is 6.36. The maximum Gasteiger partial charge on any atom is 0.261 e. The zero-order valence-electron chi connectivity index (χ0n) is 15.8. The summed E-state index contributed by atoms with van der Waals surface area (Å²) in [5.41, 5.74) is 0.402. The van der Waals surface area contributed by atoms with Crippen LogP contribution >= 0.6 is 11.6 Å². The minimum atomic E-state index is -0.340. The molecule has 1 aromatic carbocycles. The van der Waals surface area contributed by atoms with Gasteiger partial charge in [-0.2, -0.15) is 0 Å². The molecule has 1 atom stereocenters. The fourth-order valence-corrected chi connectivity index (χ4v) is 3.14. The molecular weight excluding hydrogens is 354 g/mol. The van der Waals surface area contributed by atoms with Crippen LogP contribution in [0, 0.1) is 0 Å². The zero-order valence-corrected chi connectivity index (χ0v) is 16.5. The van der Waals surface area contributed by atoms with Crippen molar-refractivity contribution in [3.8, 4) is 0 Å². The molecule has 0 aliphatic rings. The van der Waals surface area contributed by atoms with Crippen molar-refractivity contribution in [2.45, 2.75) is 39.2 Å². The predicted octanol–water partition coefficient (Wildman–Crippen LogP) is 3.31. The van der Waals surface area contributed by atoms with Crippen LogP contribution < -0.4 is 5.56 Å². The Bertz CT molecular complexity index is 835. The van der Waals surface area contributed by atoms with E-state index < -0.39 is 0 Å². The lowest BCUT2D eigenvalue weighted by Crippen LogP contribution is -2.39. The van der Waals surface area contributed by atoms with E-state index in [9.17, 15) is 9.59 Å². The van der Waals surface area contributed by atoms with E-state index in [-0.39, 0.29) is 17.5 Å². The van der Waals surface area contributed by atoms with Crippen molar-refractivity contribution in [3.63, 3.8) is 0 Å². The summed E-state index contributed by atoms with van der Waals surface area (Å²) in [6, 6.07) is 4.72. The van der Waals surface area contributed by atoms with E-state index in [4.69, 9.17) is 16.3 Å². The Labute approximate surface area is 158 Å². The molecule has 0 aliphatic heterocycles. The third-order valence-electron chi connectivity index (χ3n) is 4.51. The Morgan fingerprint density at radius 1 is 1.42 bits per heavy atom. The lowest BCUT2D eigenvalue weighted by Gasteiger charge is -2.30. The minimum Gasteiger partial charge on any atom is -0.383 e. The van der Waals surface area contributed by atoms with Gasteiger partial charge in [0.1, 0.15) is 5.82 Å². The summed E-state index contributed by atoms with van der Waals surface area (Å²) in [4.78, 5) is 31.8. The molecule has 0 radical (unpaired) electrons. The van der Waals surface area contributed by atoms with Gasteiger partial charge < -0.3 is 9.64 Å². The zero-order chi connectivity index (χ0) is 19.3. The summed E-state index contributed by atoms with van der Waals surface area (Å²) in [5, 5.41) is 0.963. The number of halogens is 1. The van der Waals surface area contributed by atoms with Gasteiger partial charge in [0.25, 0.3) is 5.56 Å².